The highest BCUT2D eigenvalue weighted by Crippen LogP contribution is 2.41. The molecular formula is C17H10ClF5N4O. The van der Waals surface area contributed by atoms with Crippen LogP contribution >= 0.6 is 11.6 Å². The van der Waals surface area contributed by atoms with Gasteiger partial charge in [0.25, 0.3) is 12.4 Å². The number of aromatic nitrogens is 3. The topological polar surface area (TPSA) is 50.5 Å². The fourth-order valence-electron chi connectivity index (χ4n) is 3.32. The van der Waals surface area contributed by atoms with E-state index < -0.39 is 29.8 Å². The van der Waals surface area contributed by atoms with Gasteiger partial charge in [-0.1, -0.05) is 23.7 Å². The van der Waals surface area contributed by atoms with Gasteiger partial charge in [-0.25, -0.2) is 18.2 Å². The van der Waals surface area contributed by atoms with Crippen LogP contribution in [0.5, 0.6) is 0 Å². The van der Waals surface area contributed by atoms with Gasteiger partial charge in [0, 0.05) is 0 Å². The molecule has 0 saturated heterocycles. The molecule has 146 valence electrons. The van der Waals surface area contributed by atoms with Gasteiger partial charge in [0.1, 0.15) is 0 Å². The molecule has 2 aromatic heterocycles. The van der Waals surface area contributed by atoms with Crippen molar-refractivity contribution in [2.45, 2.75) is 25.9 Å². The minimum atomic E-state index is -5.11. The highest BCUT2D eigenvalue weighted by Gasteiger charge is 2.41. The smallest absolute Gasteiger partial charge is 0.274 e. The molecule has 1 aliphatic heterocycles. The third-order valence-corrected chi connectivity index (χ3v) is 4.74. The van der Waals surface area contributed by atoms with Gasteiger partial charge in [0.05, 0.1) is 22.7 Å². The van der Waals surface area contributed by atoms with Crippen LogP contribution in [-0.2, 0) is 17.4 Å². The van der Waals surface area contributed by atoms with Crippen molar-refractivity contribution in [3.05, 3.63) is 51.7 Å². The van der Waals surface area contributed by atoms with Gasteiger partial charge in [0.15, 0.2) is 11.3 Å². The average Bonchev–Trinajstić information content (AvgIpc) is 3.12. The Labute approximate surface area is 159 Å². The van der Waals surface area contributed by atoms with Crippen molar-refractivity contribution in [3.8, 4) is 0 Å². The lowest BCUT2D eigenvalue weighted by Gasteiger charge is -2.16. The van der Waals surface area contributed by atoms with Crippen molar-refractivity contribution < 1.29 is 26.7 Å². The predicted molar refractivity (Wildman–Crippen MR) is 90.0 cm³/mol. The molecule has 3 heterocycles. The molecule has 1 aliphatic rings. The van der Waals surface area contributed by atoms with E-state index in [0.29, 0.717) is 10.1 Å². The number of fused-ring (bicyclic) bond motifs is 2. The summed E-state index contributed by atoms with van der Waals surface area (Å²) in [5, 5.41) is 3.93. The van der Waals surface area contributed by atoms with E-state index >= 15 is 0 Å². The van der Waals surface area contributed by atoms with Gasteiger partial charge in [-0.3, -0.25) is 4.79 Å². The number of carbonyl (C=O) groups is 1. The summed E-state index contributed by atoms with van der Waals surface area (Å²) in [7, 11) is 0. The summed E-state index contributed by atoms with van der Waals surface area (Å²) in [5.74, 6) is -0.855. The van der Waals surface area contributed by atoms with E-state index in [1.807, 2.05) is 0 Å². The molecule has 11 heteroatoms. The number of para-hydroxylation sites is 1. The first-order valence-electron chi connectivity index (χ1n) is 7.95. The van der Waals surface area contributed by atoms with E-state index in [4.69, 9.17) is 11.6 Å². The number of hydrogen-bond donors (Lipinski definition) is 0. The van der Waals surface area contributed by atoms with Crippen LogP contribution in [0.2, 0.25) is 5.02 Å². The first-order chi connectivity index (χ1) is 13.1. The quantitative estimate of drug-likeness (QED) is 0.560. The number of carbonyl (C=O) groups excluding carboxylic acids is 1. The number of halogens is 6. The molecule has 0 radical (unpaired) electrons. The molecule has 1 aromatic carbocycles. The zero-order valence-corrected chi connectivity index (χ0v) is 14.8. The maximum Gasteiger partial charge on any atom is 0.433 e. The summed E-state index contributed by atoms with van der Waals surface area (Å²) in [5.41, 5.74) is -2.55. The summed E-state index contributed by atoms with van der Waals surface area (Å²) >= 11 is 6.14. The zero-order valence-electron chi connectivity index (χ0n) is 14.1. The SMILES string of the molecule is Cc1cc2nc(N3C(=O)Cc4cccc(Cl)c43)nn2c(C(F)(F)F)c1C(F)F. The zero-order chi connectivity index (χ0) is 20.4. The molecule has 1 amide bonds. The highest BCUT2D eigenvalue weighted by atomic mass is 35.5. The number of pyridine rings is 1. The van der Waals surface area contributed by atoms with E-state index in [1.54, 1.807) is 12.1 Å². The van der Waals surface area contributed by atoms with Crippen LogP contribution in [0.4, 0.5) is 33.6 Å². The fraction of sp³-hybridized carbons (Fsp3) is 0.235. The number of alkyl halides is 5. The summed E-state index contributed by atoms with van der Waals surface area (Å²) in [6.07, 6.45) is -8.50. The minimum Gasteiger partial charge on any atom is -0.274 e. The summed E-state index contributed by atoms with van der Waals surface area (Å²) in [4.78, 5) is 17.4. The Hall–Kier alpha value is -2.75. The second-order valence-corrected chi connectivity index (χ2v) is 6.63. The molecule has 0 atom stereocenters. The number of amides is 1. The summed E-state index contributed by atoms with van der Waals surface area (Å²) in [6.45, 7) is 1.14. The number of aryl methyl sites for hydroxylation is 1. The van der Waals surface area contributed by atoms with Crippen LogP contribution < -0.4 is 4.90 Å². The normalized spacial score (nSPS) is 14.4. The van der Waals surface area contributed by atoms with Gasteiger partial charge in [0.2, 0.25) is 5.91 Å². The third kappa shape index (κ3) is 2.70. The van der Waals surface area contributed by atoms with E-state index in [2.05, 4.69) is 10.1 Å². The molecule has 0 N–H and O–H groups in total. The monoisotopic (exact) mass is 416 g/mol. The summed E-state index contributed by atoms with van der Waals surface area (Å²) in [6, 6.07) is 5.87. The third-order valence-electron chi connectivity index (χ3n) is 4.43. The Kier molecular flexibility index (Phi) is 4.07. The largest absolute Gasteiger partial charge is 0.433 e. The van der Waals surface area contributed by atoms with Crippen LogP contribution in [0.3, 0.4) is 0 Å². The van der Waals surface area contributed by atoms with Crippen molar-refractivity contribution in [1.29, 1.82) is 0 Å². The molecule has 28 heavy (non-hydrogen) atoms. The van der Waals surface area contributed by atoms with Crippen LogP contribution in [0.25, 0.3) is 5.65 Å². The van der Waals surface area contributed by atoms with E-state index in [9.17, 15) is 26.7 Å². The number of anilines is 2. The van der Waals surface area contributed by atoms with Crippen LogP contribution in [-0.4, -0.2) is 20.5 Å². The van der Waals surface area contributed by atoms with Crippen molar-refractivity contribution >= 4 is 34.8 Å². The number of hydrogen-bond acceptors (Lipinski definition) is 3. The Morgan fingerprint density at radius 3 is 2.61 bits per heavy atom. The van der Waals surface area contributed by atoms with Crippen molar-refractivity contribution in [1.82, 2.24) is 14.6 Å². The summed E-state index contributed by atoms with van der Waals surface area (Å²) < 4.78 is 67.6. The lowest BCUT2D eigenvalue weighted by atomic mass is 10.1. The van der Waals surface area contributed by atoms with Crippen LogP contribution in [0.1, 0.15) is 28.8 Å². The number of benzene rings is 1. The van der Waals surface area contributed by atoms with E-state index in [0.717, 1.165) is 17.9 Å². The average molecular weight is 417 g/mol. The molecule has 4 rings (SSSR count). The maximum absolute atomic E-state index is 13.6. The van der Waals surface area contributed by atoms with Gasteiger partial charge in [-0.15, -0.1) is 5.10 Å². The van der Waals surface area contributed by atoms with Crippen LogP contribution in [0.15, 0.2) is 24.3 Å². The molecule has 0 aliphatic carbocycles. The molecule has 0 fully saturated rings. The maximum atomic E-state index is 13.6. The Morgan fingerprint density at radius 1 is 1.25 bits per heavy atom. The molecule has 5 nitrogen and oxygen atoms in total. The number of rotatable bonds is 2. The predicted octanol–water partition coefficient (Wildman–Crippen LogP) is 4.87. The van der Waals surface area contributed by atoms with Crippen LogP contribution in [0, 0.1) is 6.92 Å². The Morgan fingerprint density at radius 2 is 1.96 bits per heavy atom. The molecule has 0 spiro atoms. The van der Waals surface area contributed by atoms with Gasteiger partial charge >= 0.3 is 6.18 Å². The molecular weight excluding hydrogens is 407 g/mol. The van der Waals surface area contributed by atoms with Gasteiger partial charge in [-0.05, 0) is 30.2 Å². The van der Waals surface area contributed by atoms with Gasteiger partial charge < -0.3 is 0 Å². The first kappa shape index (κ1) is 18.6. The lowest BCUT2D eigenvalue weighted by molar-refractivity contribution is -0.144. The lowest BCUT2D eigenvalue weighted by Crippen LogP contribution is -2.23. The van der Waals surface area contributed by atoms with E-state index in [1.165, 1.54) is 6.07 Å². The van der Waals surface area contributed by atoms with Crippen molar-refractivity contribution in [2.24, 2.45) is 0 Å². The molecule has 0 bridgehead atoms. The highest BCUT2D eigenvalue weighted by molar-refractivity contribution is 6.35. The van der Waals surface area contributed by atoms with Gasteiger partial charge in [-0.2, -0.15) is 18.2 Å². The second kappa shape index (κ2) is 6.13. The number of nitrogens with zero attached hydrogens (tertiary/aromatic N) is 4. The second-order valence-electron chi connectivity index (χ2n) is 6.22. The Bertz CT molecular complexity index is 1120. The van der Waals surface area contributed by atoms with Crippen molar-refractivity contribution in [3.63, 3.8) is 0 Å². The first-order valence-corrected chi connectivity index (χ1v) is 8.33. The fourth-order valence-corrected chi connectivity index (χ4v) is 3.60. The van der Waals surface area contributed by atoms with Crippen molar-refractivity contribution in [2.75, 3.05) is 4.90 Å². The molecule has 3 aromatic rings. The molecule has 0 saturated carbocycles. The molecule has 0 unspecified atom stereocenters. The minimum absolute atomic E-state index is 0.0289. The van der Waals surface area contributed by atoms with E-state index in [-0.39, 0.29) is 34.3 Å². The Balaban J connectivity index is 1.99. The standard InChI is InChI=1S/C17H10ClF5N4O/c1-7-5-10-24-16(25-27(10)14(17(21,22)23)12(7)15(19)20)26-11(28)6-8-3-2-4-9(18)13(8)26/h2-5,15H,6H2,1H3.